The summed E-state index contributed by atoms with van der Waals surface area (Å²) >= 11 is 0. The summed E-state index contributed by atoms with van der Waals surface area (Å²) in [6.07, 6.45) is 7.85. The average Bonchev–Trinajstić information content (AvgIpc) is 2.83. The molecule has 0 fully saturated rings. The maximum atomic E-state index is 11.9. The summed E-state index contributed by atoms with van der Waals surface area (Å²) in [7, 11) is 0. The number of Topliss-reactive ketones (excluding diaryl/α,β-unsaturated/α-hetero) is 1. The second-order valence-corrected chi connectivity index (χ2v) is 4.36. The molecule has 2 heterocycles. The predicted octanol–water partition coefficient (Wildman–Crippen LogP) is 2.09. The largest absolute Gasteiger partial charge is 0.306 e. The number of pyridine rings is 1. The van der Waals surface area contributed by atoms with E-state index in [1.54, 1.807) is 12.5 Å². The van der Waals surface area contributed by atoms with E-state index in [2.05, 4.69) is 9.97 Å². The smallest absolute Gasteiger partial charge is 0.181 e. The zero-order chi connectivity index (χ0) is 11.8. The molecule has 2 aromatic rings. The Morgan fingerprint density at radius 3 is 3.00 bits per heavy atom. The van der Waals surface area contributed by atoms with Gasteiger partial charge in [-0.1, -0.05) is 0 Å². The minimum atomic E-state index is 0.163. The first kappa shape index (κ1) is 10.2. The van der Waals surface area contributed by atoms with Crippen molar-refractivity contribution in [2.24, 2.45) is 0 Å². The molecule has 0 amide bonds. The Kier molecular flexibility index (Phi) is 2.28. The van der Waals surface area contributed by atoms with Crippen molar-refractivity contribution in [2.45, 2.75) is 26.2 Å². The lowest BCUT2D eigenvalue weighted by molar-refractivity contribution is 0.0967. The van der Waals surface area contributed by atoms with Gasteiger partial charge in [-0.05, 0) is 25.8 Å². The molecule has 0 aliphatic heterocycles. The van der Waals surface area contributed by atoms with E-state index in [1.807, 2.05) is 23.8 Å². The van der Waals surface area contributed by atoms with Crippen molar-refractivity contribution in [3.05, 3.63) is 41.7 Å². The Hall–Kier alpha value is -1.97. The van der Waals surface area contributed by atoms with Crippen LogP contribution < -0.4 is 0 Å². The number of hydrogen-bond donors (Lipinski definition) is 0. The second kappa shape index (κ2) is 3.80. The quantitative estimate of drug-likeness (QED) is 0.749. The van der Waals surface area contributed by atoms with E-state index < -0.39 is 0 Å². The molecule has 0 saturated carbocycles. The normalized spacial score (nSPS) is 14.8. The van der Waals surface area contributed by atoms with Crippen LogP contribution in [0.2, 0.25) is 0 Å². The average molecular weight is 227 g/mol. The van der Waals surface area contributed by atoms with Crippen LogP contribution >= 0.6 is 0 Å². The van der Waals surface area contributed by atoms with E-state index in [9.17, 15) is 4.79 Å². The molecule has 86 valence electrons. The molecule has 0 N–H and O–H groups in total. The molecule has 4 heteroatoms. The predicted molar refractivity (Wildman–Crippen MR) is 63.4 cm³/mol. The highest BCUT2D eigenvalue weighted by molar-refractivity contribution is 5.97. The number of rotatable bonds is 1. The third-order valence-corrected chi connectivity index (χ3v) is 3.11. The standard InChI is InChI=1S/C13H13N3O/c1-9-7-11(16-6-5-14-8-16)10-3-2-4-12(17)13(10)15-9/h5-8H,2-4H2,1H3. The lowest BCUT2D eigenvalue weighted by Crippen LogP contribution is -2.16. The Balaban J connectivity index is 2.25. The van der Waals surface area contributed by atoms with Gasteiger partial charge < -0.3 is 4.57 Å². The van der Waals surface area contributed by atoms with Gasteiger partial charge >= 0.3 is 0 Å². The number of carbonyl (C=O) groups excluding carboxylic acids is 1. The first-order valence-corrected chi connectivity index (χ1v) is 5.78. The molecule has 2 aromatic heterocycles. The number of aromatic nitrogens is 3. The van der Waals surface area contributed by atoms with Gasteiger partial charge in [0.1, 0.15) is 5.69 Å². The monoisotopic (exact) mass is 227 g/mol. The maximum Gasteiger partial charge on any atom is 0.181 e. The molecule has 0 bridgehead atoms. The molecule has 0 spiro atoms. The van der Waals surface area contributed by atoms with E-state index >= 15 is 0 Å². The first-order valence-electron chi connectivity index (χ1n) is 5.78. The molecular formula is C13H13N3O. The number of carbonyl (C=O) groups is 1. The number of ketones is 1. The molecule has 1 aliphatic carbocycles. The molecule has 0 saturated heterocycles. The van der Waals surface area contributed by atoms with Gasteiger partial charge in [0.2, 0.25) is 0 Å². The fourth-order valence-electron chi connectivity index (χ4n) is 2.34. The number of nitrogens with zero attached hydrogens (tertiary/aromatic N) is 3. The number of imidazole rings is 1. The molecule has 17 heavy (non-hydrogen) atoms. The van der Waals surface area contributed by atoms with Crippen molar-refractivity contribution in [1.82, 2.24) is 14.5 Å². The fraction of sp³-hybridized carbons (Fsp3) is 0.308. The summed E-state index contributed by atoms with van der Waals surface area (Å²) < 4.78 is 1.95. The van der Waals surface area contributed by atoms with Crippen molar-refractivity contribution in [2.75, 3.05) is 0 Å². The maximum absolute atomic E-state index is 11.9. The molecule has 0 unspecified atom stereocenters. The van der Waals surface area contributed by atoms with Gasteiger partial charge in [-0.15, -0.1) is 0 Å². The van der Waals surface area contributed by atoms with Crippen LogP contribution in [0, 0.1) is 6.92 Å². The summed E-state index contributed by atoms with van der Waals surface area (Å²) in [4.78, 5) is 20.3. The molecule has 0 radical (unpaired) electrons. The Morgan fingerprint density at radius 1 is 1.35 bits per heavy atom. The highest BCUT2D eigenvalue weighted by Gasteiger charge is 2.22. The topological polar surface area (TPSA) is 47.8 Å². The third kappa shape index (κ3) is 1.65. The van der Waals surface area contributed by atoms with Crippen molar-refractivity contribution in [3.63, 3.8) is 0 Å². The van der Waals surface area contributed by atoms with Crippen LogP contribution in [0.25, 0.3) is 5.69 Å². The Morgan fingerprint density at radius 2 is 2.24 bits per heavy atom. The van der Waals surface area contributed by atoms with E-state index in [1.165, 1.54) is 0 Å². The SMILES string of the molecule is Cc1cc(-n2ccnc2)c2c(n1)C(=O)CCC2. The van der Waals surface area contributed by atoms with Crippen LogP contribution in [-0.4, -0.2) is 20.3 Å². The van der Waals surface area contributed by atoms with Crippen LogP contribution in [0.4, 0.5) is 0 Å². The second-order valence-electron chi connectivity index (χ2n) is 4.36. The minimum Gasteiger partial charge on any atom is -0.306 e. The van der Waals surface area contributed by atoms with Crippen LogP contribution in [0.1, 0.15) is 34.6 Å². The lowest BCUT2D eigenvalue weighted by Gasteiger charge is -2.18. The van der Waals surface area contributed by atoms with Crippen LogP contribution in [-0.2, 0) is 6.42 Å². The molecule has 0 atom stereocenters. The third-order valence-electron chi connectivity index (χ3n) is 3.11. The Bertz CT molecular complexity index is 573. The first-order chi connectivity index (χ1) is 8.25. The van der Waals surface area contributed by atoms with Crippen LogP contribution in [0.5, 0.6) is 0 Å². The molecule has 3 rings (SSSR count). The van der Waals surface area contributed by atoms with Gasteiger partial charge in [0, 0.05) is 30.1 Å². The van der Waals surface area contributed by atoms with Gasteiger partial charge in [-0.3, -0.25) is 4.79 Å². The van der Waals surface area contributed by atoms with Gasteiger partial charge in [0.25, 0.3) is 0 Å². The van der Waals surface area contributed by atoms with Crippen molar-refractivity contribution in [1.29, 1.82) is 0 Å². The summed E-state index contributed by atoms with van der Waals surface area (Å²) in [5, 5.41) is 0. The highest BCUT2D eigenvalue weighted by atomic mass is 16.1. The van der Waals surface area contributed by atoms with E-state index in [0.29, 0.717) is 12.1 Å². The zero-order valence-electron chi connectivity index (χ0n) is 9.68. The van der Waals surface area contributed by atoms with Crippen LogP contribution in [0.15, 0.2) is 24.8 Å². The van der Waals surface area contributed by atoms with Gasteiger partial charge in [0.05, 0.1) is 12.0 Å². The van der Waals surface area contributed by atoms with Crippen molar-refractivity contribution < 1.29 is 4.79 Å². The van der Waals surface area contributed by atoms with E-state index in [4.69, 9.17) is 0 Å². The summed E-state index contributed by atoms with van der Waals surface area (Å²) in [5.41, 5.74) is 3.63. The number of aryl methyl sites for hydroxylation is 1. The fourth-order valence-corrected chi connectivity index (χ4v) is 2.34. The summed E-state index contributed by atoms with van der Waals surface area (Å²) in [6, 6.07) is 2.01. The molecular weight excluding hydrogens is 214 g/mol. The molecule has 1 aliphatic rings. The number of hydrogen-bond acceptors (Lipinski definition) is 3. The summed E-state index contributed by atoms with van der Waals surface area (Å²) in [6.45, 7) is 1.92. The van der Waals surface area contributed by atoms with Crippen LogP contribution in [0.3, 0.4) is 0 Å². The van der Waals surface area contributed by atoms with Gasteiger partial charge in [-0.2, -0.15) is 0 Å². The zero-order valence-corrected chi connectivity index (χ0v) is 9.68. The van der Waals surface area contributed by atoms with Gasteiger partial charge in [-0.25, -0.2) is 9.97 Å². The molecule has 0 aromatic carbocycles. The highest BCUT2D eigenvalue weighted by Crippen LogP contribution is 2.26. The number of fused-ring (bicyclic) bond motifs is 1. The molecule has 4 nitrogen and oxygen atoms in total. The van der Waals surface area contributed by atoms with Crippen molar-refractivity contribution >= 4 is 5.78 Å². The van der Waals surface area contributed by atoms with E-state index in [-0.39, 0.29) is 5.78 Å². The van der Waals surface area contributed by atoms with Crippen molar-refractivity contribution in [3.8, 4) is 5.69 Å². The Labute approximate surface area is 99.3 Å². The van der Waals surface area contributed by atoms with E-state index in [0.717, 1.165) is 29.8 Å². The summed E-state index contributed by atoms with van der Waals surface area (Å²) in [5.74, 6) is 0.163. The van der Waals surface area contributed by atoms with Gasteiger partial charge in [0.15, 0.2) is 5.78 Å². The minimum absolute atomic E-state index is 0.163. The lowest BCUT2D eigenvalue weighted by atomic mass is 9.93.